The van der Waals surface area contributed by atoms with Crippen LogP contribution in [0.1, 0.15) is 35.8 Å². The zero-order valence-corrected chi connectivity index (χ0v) is 11.3. The van der Waals surface area contributed by atoms with Crippen LogP contribution in [0.5, 0.6) is 0 Å². The molecule has 0 saturated heterocycles. The molecule has 0 unspecified atom stereocenters. The molecular weight excluding hydrogens is 252 g/mol. The van der Waals surface area contributed by atoms with E-state index in [1.807, 2.05) is 18.2 Å². The molecule has 20 heavy (non-hydrogen) atoms. The predicted molar refractivity (Wildman–Crippen MR) is 76.2 cm³/mol. The van der Waals surface area contributed by atoms with Crippen LogP contribution in [0.4, 0.5) is 4.79 Å². The zero-order chi connectivity index (χ0) is 13.8. The molecule has 4 nitrogen and oxygen atoms in total. The van der Waals surface area contributed by atoms with Crippen molar-refractivity contribution in [3.8, 4) is 0 Å². The molecule has 2 N–H and O–H groups in total. The Morgan fingerprint density at radius 3 is 3.00 bits per heavy atom. The summed E-state index contributed by atoms with van der Waals surface area (Å²) in [5.74, 6) is 0.754. The van der Waals surface area contributed by atoms with Crippen LogP contribution in [0.3, 0.4) is 0 Å². The number of hydrogen-bond acceptors (Lipinski definition) is 2. The molecule has 1 aromatic carbocycles. The number of carbonyl (C=O) groups is 1. The molecule has 0 spiro atoms. The summed E-state index contributed by atoms with van der Waals surface area (Å²) in [7, 11) is 0. The van der Waals surface area contributed by atoms with E-state index in [-0.39, 0.29) is 12.1 Å². The molecule has 1 heterocycles. The summed E-state index contributed by atoms with van der Waals surface area (Å²) in [6.07, 6.45) is 4.81. The van der Waals surface area contributed by atoms with Gasteiger partial charge in [-0.15, -0.1) is 0 Å². The monoisotopic (exact) mass is 270 g/mol. The third kappa shape index (κ3) is 2.85. The Hall–Kier alpha value is -2.23. The van der Waals surface area contributed by atoms with E-state index in [1.54, 1.807) is 6.26 Å². The molecule has 0 bridgehead atoms. The number of benzene rings is 1. The molecule has 2 aromatic rings. The van der Waals surface area contributed by atoms with E-state index in [2.05, 4.69) is 28.8 Å². The Bertz CT molecular complexity index is 578. The molecule has 4 heteroatoms. The summed E-state index contributed by atoms with van der Waals surface area (Å²) >= 11 is 0. The first-order valence-electron chi connectivity index (χ1n) is 6.97. The van der Waals surface area contributed by atoms with Crippen molar-refractivity contribution in [3.63, 3.8) is 0 Å². The number of fused-ring (bicyclic) bond motifs is 1. The number of furan rings is 1. The first kappa shape index (κ1) is 12.8. The Morgan fingerprint density at radius 1 is 1.25 bits per heavy atom. The highest BCUT2D eigenvalue weighted by molar-refractivity contribution is 5.74. The number of aryl methyl sites for hydroxylation is 1. The van der Waals surface area contributed by atoms with E-state index in [0.29, 0.717) is 6.54 Å². The van der Waals surface area contributed by atoms with Crippen molar-refractivity contribution >= 4 is 6.03 Å². The quantitative estimate of drug-likeness (QED) is 0.900. The van der Waals surface area contributed by atoms with Gasteiger partial charge in [0.25, 0.3) is 0 Å². The molecule has 1 aliphatic carbocycles. The van der Waals surface area contributed by atoms with E-state index in [0.717, 1.165) is 25.0 Å². The van der Waals surface area contributed by atoms with Crippen LogP contribution in [-0.2, 0) is 13.0 Å². The van der Waals surface area contributed by atoms with Crippen molar-refractivity contribution in [3.05, 3.63) is 59.5 Å². The van der Waals surface area contributed by atoms with Gasteiger partial charge >= 0.3 is 6.03 Å². The standard InChI is InChI=1S/C16H18N2O2/c19-16(17-11-13-7-4-10-20-13)18-15-9-3-6-12-5-1-2-8-14(12)15/h1-2,4-5,7-8,10,15H,3,6,9,11H2,(H2,17,18,19)/t15-/m0/s1. The van der Waals surface area contributed by atoms with E-state index in [9.17, 15) is 4.79 Å². The average molecular weight is 270 g/mol. The molecular formula is C16H18N2O2. The highest BCUT2D eigenvalue weighted by atomic mass is 16.3. The molecule has 2 amide bonds. The number of urea groups is 1. The van der Waals surface area contributed by atoms with Gasteiger partial charge in [0.15, 0.2) is 0 Å². The van der Waals surface area contributed by atoms with E-state index in [1.165, 1.54) is 11.1 Å². The van der Waals surface area contributed by atoms with Crippen molar-refractivity contribution in [1.82, 2.24) is 10.6 Å². The smallest absolute Gasteiger partial charge is 0.315 e. The van der Waals surface area contributed by atoms with Gasteiger partial charge in [-0.05, 0) is 42.5 Å². The van der Waals surface area contributed by atoms with Crippen LogP contribution in [0.15, 0.2) is 47.1 Å². The van der Waals surface area contributed by atoms with Gasteiger partial charge < -0.3 is 15.1 Å². The highest BCUT2D eigenvalue weighted by Crippen LogP contribution is 2.29. The summed E-state index contributed by atoms with van der Waals surface area (Å²) in [5.41, 5.74) is 2.59. The van der Waals surface area contributed by atoms with Gasteiger partial charge in [0, 0.05) is 0 Å². The van der Waals surface area contributed by atoms with E-state index < -0.39 is 0 Å². The Kier molecular flexibility index (Phi) is 3.72. The number of nitrogens with one attached hydrogen (secondary N) is 2. The Morgan fingerprint density at radius 2 is 2.15 bits per heavy atom. The highest BCUT2D eigenvalue weighted by Gasteiger charge is 2.21. The van der Waals surface area contributed by atoms with Gasteiger partial charge in [-0.2, -0.15) is 0 Å². The minimum absolute atomic E-state index is 0.108. The lowest BCUT2D eigenvalue weighted by atomic mass is 9.88. The molecule has 1 aromatic heterocycles. The van der Waals surface area contributed by atoms with Crippen molar-refractivity contribution in [2.24, 2.45) is 0 Å². The van der Waals surface area contributed by atoms with Crippen LogP contribution < -0.4 is 10.6 Å². The molecule has 0 fully saturated rings. The Labute approximate surface area is 118 Å². The third-order valence-electron chi connectivity index (χ3n) is 3.68. The lowest BCUT2D eigenvalue weighted by Crippen LogP contribution is -2.38. The second-order valence-corrected chi connectivity index (χ2v) is 5.05. The van der Waals surface area contributed by atoms with Crippen molar-refractivity contribution < 1.29 is 9.21 Å². The minimum Gasteiger partial charge on any atom is -0.467 e. The first-order valence-corrected chi connectivity index (χ1v) is 6.97. The normalized spacial score (nSPS) is 17.3. The van der Waals surface area contributed by atoms with Crippen LogP contribution in [0.25, 0.3) is 0 Å². The molecule has 0 radical (unpaired) electrons. The van der Waals surface area contributed by atoms with Crippen LogP contribution in [-0.4, -0.2) is 6.03 Å². The molecule has 0 saturated carbocycles. The molecule has 1 aliphatic rings. The summed E-state index contributed by atoms with van der Waals surface area (Å²) < 4.78 is 5.19. The van der Waals surface area contributed by atoms with Gasteiger partial charge in [-0.1, -0.05) is 24.3 Å². The topological polar surface area (TPSA) is 54.3 Å². The van der Waals surface area contributed by atoms with E-state index >= 15 is 0 Å². The van der Waals surface area contributed by atoms with Gasteiger partial charge in [-0.25, -0.2) is 4.79 Å². The number of amides is 2. The zero-order valence-electron chi connectivity index (χ0n) is 11.3. The summed E-state index contributed by atoms with van der Waals surface area (Å²) in [6, 6.07) is 11.9. The maximum Gasteiger partial charge on any atom is 0.315 e. The number of rotatable bonds is 3. The van der Waals surface area contributed by atoms with Crippen molar-refractivity contribution in [2.75, 3.05) is 0 Å². The maximum atomic E-state index is 12.0. The fraction of sp³-hybridized carbons (Fsp3) is 0.312. The van der Waals surface area contributed by atoms with Crippen LogP contribution >= 0.6 is 0 Å². The van der Waals surface area contributed by atoms with Crippen LogP contribution in [0, 0.1) is 0 Å². The lowest BCUT2D eigenvalue weighted by molar-refractivity contribution is 0.234. The van der Waals surface area contributed by atoms with Crippen LogP contribution in [0.2, 0.25) is 0 Å². The molecule has 0 aliphatic heterocycles. The Balaban J connectivity index is 1.59. The summed E-state index contributed by atoms with van der Waals surface area (Å²) in [6.45, 7) is 0.410. The molecule has 3 rings (SSSR count). The molecule has 104 valence electrons. The largest absolute Gasteiger partial charge is 0.467 e. The average Bonchev–Trinajstić information content (AvgIpc) is 2.99. The van der Waals surface area contributed by atoms with Gasteiger partial charge in [0.1, 0.15) is 5.76 Å². The van der Waals surface area contributed by atoms with Gasteiger partial charge in [0.2, 0.25) is 0 Å². The molecule has 1 atom stereocenters. The predicted octanol–water partition coefficient (Wildman–Crippen LogP) is 3.16. The first-order chi connectivity index (χ1) is 9.83. The maximum absolute atomic E-state index is 12.0. The SMILES string of the molecule is O=C(NCc1ccco1)N[C@H]1CCCc2ccccc21. The summed E-state index contributed by atoms with van der Waals surface area (Å²) in [5, 5.41) is 5.87. The number of hydrogen-bond donors (Lipinski definition) is 2. The second-order valence-electron chi connectivity index (χ2n) is 5.05. The fourth-order valence-electron chi connectivity index (χ4n) is 2.69. The lowest BCUT2D eigenvalue weighted by Gasteiger charge is -2.26. The third-order valence-corrected chi connectivity index (χ3v) is 3.68. The summed E-state index contributed by atoms with van der Waals surface area (Å²) in [4.78, 5) is 12.0. The minimum atomic E-state index is -0.150. The van der Waals surface area contributed by atoms with Crippen molar-refractivity contribution in [1.29, 1.82) is 0 Å². The van der Waals surface area contributed by atoms with Crippen molar-refractivity contribution in [2.45, 2.75) is 31.8 Å². The van der Waals surface area contributed by atoms with Gasteiger partial charge in [-0.3, -0.25) is 0 Å². The van der Waals surface area contributed by atoms with Gasteiger partial charge in [0.05, 0.1) is 18.8 Å². The second kappa shape index (κ2) is 5.82. The van der Waals surface area contributed by atoms with E-state index in [4.69, 9.17) is 4.42 Å². The number of carbonyl (C=O) groups excluding carboxylic acids is 1. The fourth-order valence-corrected chi connectivity index (χ4v) is 2.69.